The minimum Gasteiger partial charge on any atom is -0.487 e. The van der Waals surface area contributed by atoms with Gasteiger partial charge in [0.05, 0.1) is 31.5 Å². The number of carbonyl (C=O) groups is 1. The summed E-state index contributed by atoms with van der Waals surface area (Å²) in [4.78, 5) is 15.1. The fraction of sp³-hybridized carbons (Fsp3) is 0.435. The highest BCUT2D eigenvalue weighted by Crippen LogP contribution is 2.37. The van der Waals surface area contributed by atoms with E-state index in [1.807, 2.05) is 53.3 Å². The zero-order chi connectivity index (χ0) is 21.0. The Balaban J connectivity index is 1.13. The van der Waals surface area contributed by atoms with Gasteiger partial charge in [-0.3, -0.25) is 14.4 Å². The molecule has 0 spiro atoms. The van der Waals surface area contributed by atoms with Crippen molar-refractivity contribution in [1.82, 2.24) is 25.2 Å². The van der Waals surface area contributed by atoms with Crippen LogP contribution in [0, 0.1) is 11.8 Å². The Kier molecular flexibility index (Phi) is 5.71. The zero-order valence-electron chi connectivity index (χ0n) is 17.4. The number of nitrogens with zero attached hydrogens (tertiary/aromatic N) is 4. The Hall–Kier alpha value is -3.13. The van der Waals surface area contributed by atoms with Crippen LogP contribution in [-0.4, -0.2) is 44.9 Å². The van der Waals surface area contributed by atoms with Gasteiger partial charge in [-0.1, -0.05) is 23.4 Å². The third kappa shape index (κ3) is 4.64. The number of carbonyl (C=O) groups excluding carboxylic acids is 1. The standard InChI is InChI=1S/C23H27N5O3/c29-23(24-12-21-7-4-10-30-21)22-15-27-9-8-17(22)11-19(27)14-28-13-18(25-26-28)16-31-20-5-2-1-3-6-20/h1-7,10,13,17,19,22H,8-9,11-12,14-16H2,(H,24,29)/t17-,19+,22-/m0/s1. The molecule has 4 atom stereocenters. The molecule has 1 N–H and O–H groups in total. The van der Waals surface area contributed by atoms with Crippen LogP contribution in [0.3, 0.4) is 0 Å². The highest BCUT2D eigenvalue weighted by molar-refractivity contribution is 5.79. The predicted molar refractivity (Wildman–Crippen MR) is 113 cm³/mol. The number of furan rings is 1. The van der Waals surface area contributed by atoms with E-state index in [4.69, 9.17) is 9.15 Å². The molecule has 3 aromatic rings. The summed E-state index contributed by atoms with van der Waals surface area (Å²) >= 11 is 0. The highest BCUT2D eigenvalue weighted by atomic mass is 16.5. The lowest BCUT2D eigenvalue weighted by Gasteiger charge is -2.49. The molecule has 1 aromatic carbocycles. The fourth-order valence-electron chi connectivity index (χ4n) is 4.73. The number of benzene rings is 1. The van der Waals surface area contributed by atoms with Crippen molar-refractivity contribution in [2.75, 3.05) is 13.1 Å². The third-order valence-electron chi connectivity index (χ3n) is 6.35. The van der Waals surface area contributed by atoms with Gasteiger partial charge in [0.25, 0.3) is 0 Å². The van der Waals surface area contributed by atoms with Gasteiger partial charge in [-0.15, -0.1) is 5.10 Å². The average Bonchev–Trinajstić information content (AvgIpc) is 3.49. The van der Waals surface area contributed by atoms with Crippen molar-refractivity contribution >= 4 is 5.91 Å². The van der Waals surface area contributed by atoms with Gasteiger partial charge in [0.1, 0.15) is 23.8 Å². The number of para-hydroxylation sites is 1. The summed E-state index contributed by atoms with van der Waals surface area (Å²) in [6.07, 6.45) is 5.67. The quantitative estimate of drug-likeness (QED) is 0.602. The Labute approximate surface area is 181 Å². The molecule has 1 unspecified atom stereocenters. The zero-order valence-corrected chi connectivity index (χ0v) is 17.4. The molecule has 3 aliphatic rings. The summed E-state index contributed by atoms with van der Waals surface area (Å²) in [5.41, 5.74) is 0.815. The molecule has 0 saturated carbocycles. The molecule has 31 heavy (non-hydrogen) atoms. The first-order valence-electron chi connectivity index (χ1n) is 10.9. The third-order valence-corrected chi connectivity index (χ3v) is 6.35. The lowest BCUT2D eigenvalue weighted by atomic mass is 9.75. The first kappa shape index (κ1) is 19.8. The number of rotatable bonds is 8. The lowest BCUT2D eigenvalue weighted by molar-refractivity contribution is -0.133. The Morgan fingerprint density at radius 3 is 2.90 bits per heavy atom. The second-order valence-electron chi connectivity index (χ2n) is 8.37. The Morgan fingerprint density at radius 2 is 2.13 bits per heavy atom. The predicted octanol–water partition coefficient (Wildman–Crippen LogP) is 2.48. The maximum Gasteiger partial charge on any atom is 0.225 e. The van der Waals surface area contributed by atoms with Crippen LogP contribution in [0.1, 0.15) is 24.3 Å². The first-order chi connectivity index (χ1) is 15.2. The molecule has 3 saturated heterocycles. The number of amides is 1. The van der Waals surface area contributed by atoms with Crippen LogP contribution in [-0.2, 0) is 24.5 Å². The van der Waals surface area contributed by atoms with Crippen LogP contribution in [0.25, 0.3) is 0 Å². The number of hydrogen-bond acceptors (Lipinski definition) is 6. The van der Waals surface area contributed by atoms with E-state index in [9.17, 15) is 4.79 Å². The molecule has 2 bridgehead atoms. The van der Waals surface area contributed by atoms with Crippen molar-refractivity contribution in [1.29, 1.82) is 0 Å². The Bertz CT molecular complexity index is 988. The summed E-state index contributed by atoms with van der Waals surface area (Å²) in [6, 6.07) is 13.8. The summed E-state index contributed by atoms with van der Waals surface area (Å²) in [5.74, 6) is 2.20. The number of aromatic nitrogens is 3. The maximum absolute atomic E-state index is 12.7. The van der Waals surface area contributed by atoms with Gasteiger partial charge in [0, 0.05) is 12.6 Å². The Morgan fingerprint density at radius 1 is 1.23 bits per heavy atom. The van der Waals surface area contributed by atoms with Crippen LogP contribution < -0.4 is 10.1 Å². The number of nitrogens with one attached hydrogen (secondary N) is 1. The van der Waals surface area contributed by atoms with Crippen LogP contribution in [0.15, 0.2) is 59.3 Å². The van der Waals surface area contributed by atoms with Crippen molar-refractivity contribution in [3.05, 3.63) is 66.4 Å². The molecule has 0 aliphatic carbocycles. The molecule has 162 valence electrons. The fourth-order valence-corrected chi connectivity index (χ4v) is 4.73. The van der Waals surface area contributed by atoms with Gasteiger partial charge in [-0.2, -0.15) is 0 Å². The lowest BCUT2D eigenvalue weighted by Crippen LogP contribution is -2.57. The van der Waals surface area contributed by atoms with Gasteiger partial charge < -0.3 is 14.5 Å². The van der Waals surface area contributed by atoms with E-state index in [1.54, 1.807) is 6.26 Å². The second-order valence-corrected chi connectivity index (χ2v) is 8.37. The molecule has 2 aromatic heterocycles. The molecule has 8 heteroatoms. The van der Waals surface area contributed by atoms with E-state index in [0.717, 1.165) is 49.7 Å². The van der Waals surface area contributed by atoms with Crippen molar-refractivity contribution in [2.45, 2.75) is 38.6 Å². The number of ether oxygens (including phenoxy) is 1. The van der Waals surface area contributed by atoms with Crippen molar-refractivity contribution < 1.29 is 13.9 Å². The molecule has 0 radical (unpaired) electrons. The molecular formula is C23H27N5O3. The van der Waals surface area contributed by atoms with Gasteiger partial charge in [-0.05, 0) is 49.6 Å². The smallest absolute Gasteiger partial charge is 0.225 e. The van der Waals surface area contributed by atoms with Gasteiger partial charge in [0.15, 0.2) is 0 Å². The van der Waals surface area contributed by atoms with E-state index in [2.05, 4.69) is 20.5 Å². The molecule has 1 amide bonds. The molecule has 5 heterocycles. The van der Waals surface area contributed by atoms with Crippen LogP contribution >= 0.6 is 0 Å². The summed E-state index contributed by atoms with van der Waals surface area (Å²) in [6.45, 7) is 3.48. The maximum atomic E-state index is 12.7. The van der Waals surface area contributed by atoms with Crippen LogP contribution in [0.5, 0.6) is 5.75 Å². The van der Waals surface area contributed by atoms with Crippen molar-refractivity contribution in [3.63, 3.8) is 0 Å². The van der Waals surface area contributed by atoms with E-state index < -0.39 is 0 Å². The normalized spacial score (nSPS) is 24.8. The van der Waals surface area contributed by atoms with E-state index in [-0.39, 0.29) is 11.8 Å². The largest absolute Gasteiger partial charge is 0.487 e. The number of hydrogen-bond donors (Lipinski definition) is 1. The van der Waals surface area contributed by atoms with Gasteiger partial charge >= 0.3 is 0 Å². The average molecular weight is 422 g/mol. The van der Waals surface area contributed by atoms with Crippen LogP contribution in [0.4, 0.5) is 0 Å². The molecule has 8 nitrogen and oxygen atoms in total. The molecule has 3 aliphatic heterocycles. The van der Waals surface area contributed by atoms with E-state index in [0.29, 0.717) is 25.1 Å². The van der Waals surface area contributed by atoms with Gasteiger partial charge in [0.2, 0.25) is 5.91 Å². The summed E-state index contributed by atoms with van der Waals surface area (Å²) < 4.78 is 13.0. The van der Waals surface area contributed by atoms with Crippen molar-refractivity contribution in [2.24, 2.45) is 11.8 Å². The SMILES string of the molecule is O=C(NCc1ccco1)[C@H]1CN2CC[C@H]1C[C@@H]2Cn1cc(COc2ccccc2)nn1. The molecule has 6 rings (SSSR count). The summed E-state index contributed by atoms with van der Waals surface area (Å²) in [5, 5.41) is 11.6. The summed E-state index contributed by atoms with van der Waals surface area (Å²) in [7, 11) is 0. The van der Waals surface area contributed by atoms with Gasteiger partial charge in [-0.25, -0.2) is 0 Å². The van der Waals surface area contributed by atoms with E-state index >= 15 is 0 Å². The second kappa shape index (κ2) is 8.93. The molecular weight excluding hydrogens is 394 g/mol. The monoisotopic (exact) mass is 421 g/mol. The topological polar surface area (TPSA) is 85.4 Å². The number of fused-ring (bicyclic) bond motifs is 3. The van der Waals surface area contributed by atoms with Crippen molar-refractivity contribution in [3.8, 4) is 5.75 Å². The number of piperidine rings is 3. The minimum absolute atomic E-state index is 0.0468. The molecule has 3 fully saturated rings. The first-order valence-corrected chi connectivity index (χ1v) is 10.9. The minimum atomic E-state index is 0.0468. The highest BCUT2D eigenvalue weighted by Gasteiger charge is 2.43. The van der Waals surface area contributed by atoms with Crippen LogP contribution in [0.2, 0.25) is 0 Å². The van der Waals surface area contributed by atoms with E-state index in [1.165, 1.54) is 0 Å².